The SMILES string of the molecule is Cc1nc(C)n(-c2ccc([C@H](C)O)cc2[N+](=O)[O-])n1. The topological polar surface area (TPSA) is 94.1 Å². The first-order chi connectivity index (χ1) is 8.90. The van der Waals surface area contributed by atoms with Gasteiger partial charge in [-0.25, -0.2) is 9.67 Å². The number of nitrogens with zero attached hydrogens (tertiary/aromatic N) is 4. The Morgan fingerprint density at radius 3 is 2.58 bits per heavy atom. The lowest BCUT2D eigenvalue weighted by molar-refractivity contribution is -0.384. The number of hydrogen-bond donors (Lipinski definition) is 1. The molecular weight excluding hydrogens is 248 g/mol. The number of aromatic nitrogens is 3. The molecule has 7 nitrogen and oxygen atoms in total. The lowest BCUT2D eigenvalue weighted by Gasteiger charge is -2.08. The number of benzene rings is 1. The normalized spacial score (nSPS) is 12.4. The van der Waals surface area contributed by atoms with Crippen LogP contribution in [0.3, 0.4) is 0 Å². The van der Waals surface area contributed by atoms with E-state index < -0.39 is 11.0 Å². The van der Waals surface area contributed by atoms with E-state index in [1.54, 1.807) is 32.9 Å². The molecule has 1 atom stereocenters. The van der Waals surface area contributed by atoms with Crippen LogP contribution in [0.1, 0.15) is 30.2 Å². The van der Waals surface area contributed by atoms with E-state index in [4.69, 9.17) is 0 Å². The molecule has 0 radical (unpaired) electrons. The van der Waals surface area contributed by atoms with Crippen LogP contribution in [-0.2, 0) is 0 Å². The summed E-state index contributed by atoms with van der Waals surface area (Å²) in [7, 11) is 0. The summed E-state index contributed by atoms with van der Waals surface area (Å²) >= 11 is 0. The molecule has 0 fully saturated rings. The van der Waals surface area contributed by atoms with E-state index in [-0.39, 0.29) is 5.69 Å². The van der Waals surface area contributed by atoms with Crippen LogP contribution in [0.25, 0.3) is 5.69 Å². The summed E-state index contributed by atoms with van der Waals surface area (Å²) in [5, 5.41) is 24.8. The third-order valence-corrected chi connectivity index (χ3v) is 2.78. The molecule has 0 spiro atoms. The molecule has 0 unspecified atom stereocenters. The summed E-state index contributed by atoms with van der Waals surface area (Å²) < 4.78 is 1.43. The van der Waals surface area contributed by atoms with Gasteiger partial charge in [0.25, 0.3) is 5.69 Å². The maximum absolute atomic E-state index is 11.2. The Morgan fingerprint density at radius 1 is 1.42 bits per heavy atom. The van der Waals surface area contributed by atoms with Gasteiger partial charge in [-0.3, -0.25) is 10.1 Å². The van der Waals surface area contributed by atoms with Gasteiger partial charge < -0.3 is 5.11 Å². The van der Waals surface area contributed by atoms with E-state index in [1.165, 1.54) is 10.7 Å². The van der Waals surface area contributed by atoms with Crippen molar-refractivity contribution in [3.8, 4) is 5.69 Å². The van der Waals surface area contributed by atoms with E-state index in [1.807, 2.05) is 0 Å². The first-order valence-corrected chi connectivity index (χ1v) is 5.77. The number of nitro benzene ring substituents is 1. The fraction of sp³-hybridized carbons (Fsp3) is 0.333. The van der Waals surface area contributed by atoms with Gasteiger partial charge in [0.1, 0.15) is 17.3 Å². The monoisotopic (exact) mass is 262 g/mol. The van der Waals surface area contributed by atoms with Crippen molar-refractivity contribution in [1.29, 1.82) is 0 Å². The maximum atomic E-state index is 11.2. The van der Waals surface area contributed by atoms with Crippen molar-refractivity contribution in [2.45, 2.75) is 26.9 Å². The molecule has 0 saturated carbocycles. The third-order valence-electron chi connectivity index (χ3n) is 2.78. The van der Waals surface area contributed by atoms with Crippen molar-refractivity contribution >= 4 is 5.69 Å². The molecule has 0 aliphatic carbocycles. The molecule has 0 saturated heterocycles. The number of aryl methyl sites for hydroxylation is 2. The predicted octanol–water partition coefficient (Wildman–Crippen LogP) is 1.85. The second-order valence-corrected chi connectivity index (χ2v) is 4.30. The van der Waals surface area contributed by atoms with Gasteiger partial charge >= 0.3 is 0 Å². The van der Waals surface area contributed by atoms with Gasteiger partial charge in [0, 0.05) is 6.07 Å². The maximum Gasteiger partial charge on any atom is 0.295 e. The summed E-state index contributed by atoms with van der Waals surface area (Å²) in [6, 6.07) is 4.57. The number of nitro groups is 1. The van der Waals surface area contributed by atoms with Gasteiger partial charge in [-0.15, -0.1) is 0 Å². The van der Waals surface area contributed by atoms with Crippen molar-refractivity contribution in [2.24, 2.45) is 0 Å². The highest BCUT2D eigenvalue weighted by atomic mass is 16.6. The molecule has 2 rings (SSSR count). The first-order valence-electron chi connectivity index (χ1n) is 5.77. The van der Waals surface area contributed by atoms with Crippen LogP contribution < -0.4 is 0 Å². The predicted molar refractivity (Wildman–Crippen MR) is 68.1 cm³/mol. The zero-order valence-electron chi connectivity index (χ0n) is 10.9. The van der Waals surface area contributed by atoms with Crippen molar-refractivity contribution in [2.75, 3.05) is 0 Å². The van der Waals surface area contributed by atoms with Crippen LogP contribution in [-0.4, -0.2) is 24.8 Å². The minimum Gasteiger partial charge on any atom is -0.389 e. The minimum atomic E-state index is -0.758. The Bertz CT molecular complexity index is 634. The Balaban J connectivity index is 2.63. The van der Waals surface area contributed by atoms with Crippen LogP contribution in [0.2, 0.25) is 0 Å². The van der Waals surface area contributed by atoms with Gasteiger partial charge in [0.15, 0.2) is 0 Å². The quantitative estimate of drug-likeness (QED) is 0.672. The summed E-state index contributed by atoms with van der Waals surface area (Å²) in [5.41, 5.74) is 0.726. The van der Waals surface area contributed by atoms with Crippen molar-refractivity contribution in [1.82, 2.24) is 14.8 Å². The Hall–Kier alpha value is -2.28. The lowest BCUT2D eigenvalue weighted by Crippen LogP contribution is -2.05. The second-order valence-electron chi connectivity index (χ2n) is 4.30. The summed E-state index contributed by atoms with van der Waals surface area (Å²) in [6.07, 6.45) is -0.758. The van der Waals surface area contributed by atoms with Gasteiger partial charge in [-0.05, 0) is 32.4 Å². The Labute approximate surface area is 109 Å². The number of rotatable bonds is 3. The molecule has 2 aromatic rings. The summed E-state index contributed by atoms with van der Waals surface area (Å²) in [6.45, 7) is 5.01. The van der Waals surface area contributed by atoms with Crippen LogP contribution in [0.5, 0.6) is 0 Å². The van der Waals surface area contributed by atoms with Crippen molar-refractivity contribution in [3.63, 3.8) is 0 Å². The van der Waals surface area contributed by atoms with Crippen molar-refractivity contribution < 1.29 is 10.0 Å². The molecular formula is C12H14N4O3. The number of hydrogen-bond acceptors (Lipinski definition) is 5. The Morgan fingerprint density at radius 2 is 2.11 bits per heavy atom. The summed E-state index contributed by atoms with van der Waals surface area (Å²) in [4.78, 5) is 14.8. The molecule has 1 N–H and O–H groups in total. The molecule has 0 amide bonds. The first kappa shape index (κ1) is 13.2. The minimum absolute atomic E-state index is 0.105. The fourth-order valence-electron chi connectivity index (χ4n) is 1.87. The van der Waals surface area contributed by atoms with Gasteiger partial charge in [-0.2, -0.15) is 5.10 Å². The standard InChI is InChI=1S/C12H14N4O3/c1-7(17)10-4-5-11(12(6-10)16(18)19)15-9(3)13-8(2)14-15/h4-7,17H,1-3H3/t7-/m0/s1. The fourth-order valence-corrected chi connectivity index (χ4v) is 1.87. The van der Waals surface area contributed by atoms with Gasteiger partial charge in [0.05, 0.1) is 11.0 Å². The average Bonchev–Trinajstić information content (AvgIpc) is 2.67. The van der Waals surface area contributed by atoms with Crippen LogP contribution >= 0.6 is 0 Å². The molecule has 7 heteroatoms. The number of aliphatic hydroxyl groups excluding tert-OH is 1. The van der Waals surface area contributed by atoms with E-state index >= 15 is 0 Å². The van der Waals surface area contributed by atoms with Crippen LogP contribution in [0.4, 0.5) is 5.69 Å². The lowest BCUT2D eigenvalue weighted by atomic mass is 10.1. The molecule has 0 bridgehead atoms. The highest BCUT2D eigenvalue weighted by molar-refractivity contribution is 5.54. The number of aliphatic hydroxyl groups is 1. The third kappa shape index (κ3) is 2.45. The van der Waals surface area contributed by atoms with E-state index in [0.717, 1.165) is 0 Å². The van der Waals surface area contributed by atoms with Crippen LogP contribution in [0.15, 0.2) is 18.2 Å². The second kappa shape index (κ2) is 4.77. The Kier molecular flexibility index (Phi) is 3.30. The smallest absolute Gasteiger partial charge is 0.295 e. The molecule has 1 aromatic carbocycles. The highest BCUT2D eigenvalue weighted by Gasteiger charge is 2.20. The average molecular weight is 262 g/mol. The van der Waals surface area contributed by atoms with Crippen molar-refractivity contribution in [3.05, 3.63) is 45.5 Å². The largest absolute Gasteiger partial charge is 0.389 e. The van der Waals surface area contributed by atoms with Gasteiger partial charge in [0.2, 0.25) is 0 Å². The molecule has 0 aliphatic heterocycles. The molecule has 100 valence electrons. The van der Waals surface area contributed by atoms with E-state index in [9.17, 15) is 15.2 Å². The molecule has 1 heterocycles. The van der Waals surface area contributed by atoms with E-state index in [2.05, 4.69) is 10.1 Å². The summed E-state index contributed by atoms with van der Waals surface area (Å²) in [5.74, 6) is 1.12. The molecule has 1 aromatic heterocycles. The van der Waals surface area contributed by atoms with E-state index in [0.29, 0.717) is 22.9 Å². The zero-order chi connectivity index (χ0) is 14.2. The molecule has 0 aliphatic rings. The molecule has 19 heavy (non-hydrogen) atoms. The zero-order valence-corrected chi connectivity index (χ0v) is 10.9. The highest BCUT2D eigenvalue weighted by Crippen LogP contribution is 2.27. The van der Waals surface area contributed by atoms with Crippen LogP contribution in [0, 0.1) is 24.0 Å². The van der Waals surface area contributed by atoms with Gasteiger partial charge in [-0.1, -0.05) is 6.07 Å².